The van der Waals surface area contributed by atoms with Crippen LogP contribution in [0.5, 0.6) is 0 Å². The highest BCUT2D eigenvalue weighted by atomic mass is 32.1. The summed E-state index contributed by atoms with van der Waals surface area (Å²) in [6, 6.07) is 20.0. The number of non-ortho nitro benzene ring substituents is 1. The third-order valence-electron chi connectivity index (χ3n) is 5.49. The fourth-order valence-corrected chi connectivity index (χ4v) is 4.73. The Balaban J connectivity index is 1.59. The highest BCUT2D eigenvalue weighted by Gasteiger charge is 2.20. The van der Waals surface area contributed by atoms with Crippen LogP contribution in [0.25, 0.3) is 32.4 Å². The minimum Gasteiger partial charge on any atom is -0.298 e. The quantitative estimate of drug-likeness (QED) is 0.254. The molecule has 7 nitrogen and oxygen atoms in total. The Kier molecular flexibility index (Phi) is 5.07. The van der Waals surface area contributed by atoms with Gasteiger partial charge in [0, 0.05) is 23.1 Å². The van der Waals surface area contributed by atoms with Gasteiger partial charge in [-0.15, -0.1) is 0 Å². The van der Waals surface area contributed by atoms with Gasteiger partial charge in [-0.25, -0.2) is 9.97 Å². The molecule has 5 aromatic rings. The maximum Gasteiger partial charge on any atom is 0.270 e. The number of anilines is 1. The number of amides is 1. The van der Waals surface area contributed by atoms with Gasteiger partial charge in [-0.2, -0.15) is 0 Å². The van der Waals surface area contributed by atoms with E-state index in [0.717, 1.165) is 33.3 Å². The number of hydrogen-bond acceptors (Lipinski definition) is 6. The third-order valence-corrected chi connectivity index (χ3v) is 6.42. The van der Waals surface area contributed by atoms with Crippen molar-refractivity contribution in [2.24, 2.45) is 0 Å². The van der Waals surface area contributed by atoms with Crippen molar-refractivity contribution in [1.29, 1.82) is 0 Å². The van der Waals surface area contributed by atoms with Crippen LogP contribution in [0.2, 0.25) is 0 Å². The van der Waals surface area contributed by atoms with E-state index in [1.807, 2.05) is 62.4 Å². The molecule has 8 heteroatoms. The first-order chi connectivity index (χ1) is 15.9. The standard InChI is InChI=1S/C25H18N4O3S/c1-14-7-9-16(10-8-14)23-15(2)22(18-5-3-4-6-19(18)26-23)24(30)28-25-27-20-12-11-17(29(31)32)13-21(20)33-25/h3-13H,1-2H3,(H,27,28,30). The molecule has 0 radical (unpaired) electrons. The van der Waals surface area contributed by atoms with Gasteiger partial charge in [-0.3, -0.25) is 20.2 Å². The zero-order valence-electron chi connectivity index (χ0n) is 17.8. The highest BCUT2D eigenvalue weighted by Crippen LogP contribution is 2.32. The highest BCUT2D eigenvalue weighted by molar-refractivity contribution is 7.22. The topological polar surface area (TPSA) is 98.0 Å². The summed E-state index contributed by atoms with van der Waals surface area (Å²) in [7, 11) is 0. The van der Waals surface area contributed by atoms with Crippen LogP contribution in [-0.4, -0.2) is 20.8 Å². The Morgan fingerprint density at radius 3 is 2.48 bits per heavy atom. The fraction of sp³-hybridized carbons (Fsp3) is 0.0800. The Bertz CT molecular complexity index is 1560. The molecule has 1 amide bonds. The molecule has 2 heterocycles. The van der Waals surface area contributed by atoms with Crippen molar-refractivity contribution < 1.29 is 9.72 Å². The van der Waals surface area contributed by atoms with E-state index in [1.54, 1.807) is 6.07 Å². The minimum absolute atomic E-state index is 0.0114. The Labute approximate surface area is 192 Å². The van der Waals surface area contributed by atoms with E-state index in [9.17, 15) is 14.9 Å². The second-order valence-corrected chi connectivity index (χ2v) is 8.76. The first-order valence-electron chi connectivity index (χ1n) is 10.2. The molecular weight excluding hydrogens is 436 g/mol. The van der Waals surface area contributed by atoms with E-state index in [0.29, 0.717) is 20.9 Å². The third kappa shape index (κ3) is 3.81. The average molecular weight is 455 g/mol. The van der Waals surface area contributed by atoms with E-state index in [2.05, 4.69) is 10.3 Å². The number of thiazole rings is 1. The summed E-state index contributed by atoms with van der Waals surface area (Å²) in [6.45, 7) is 3.92. The predicted molar refractivity (Wildman–Crippen MR) is 131 cm³/mol. The van der Waals surface area contributed by atoms with E-state index in [4.69, 9.17) is 4.98 Å². The van der Waals surface area contributed by atoms with Crippen molar-refractivity contribution in [2.45, 2.75) is 13.8 Å². The molecule has 0 aliphatic rings. The number of fused-ring (bicyclic) bond motifs is 2. The largest absolute Gasteiger partial charge is 0.298 e. The number of aromatic nitrogens is 2. The number of carbonyl (C=O) groups is 1. The maximum absolute atomic E-state index is 13.5. The van der Waals surface area contributed by atoms with E-state index >= 15 is 0 Å². The molecule has 3 aromatic carbocycles. The molecule has 0 fully saturated rings. The van der Waals surface area contributed by atoms with Gasteiger partial charge in [0.25, 0.3) is 11.6 Å². The Morgan fingerprint density at radius 1 is 0.970 bits per heavy atom. The van der Waals surface area contributed by atoms with Gasteiger partial charge in [0.05, 0.1) is 31.9 Å². The predicted octanol–water partition coefficient (Wildman–Crippen LogP) is 6.29. The van der Waals surface area contributed by atoms with Gasteiger partial charge in [-0.1, -0.05) is 59.4 Å². The minimum atomic E-state index is -0.448. The molecule has 0 spiro atoms. The molecule has 5 rings (SSSR count). The molecule has 0 saturated carbocycles. The molecule has 2 aromatic heterocycles. The molecule has 0 bridgehead atoms. The number of nitrogens with one attached hydrogen (secondary N) is 1. The maximum atomic E-state index is 13.5. The number of pyridine rings is 1. The van der Waals surface area contributed by atoms with Crippen molar-refractivity contribution >= 4 is 49.2 Å². The van der Waals surface area contributed by atoms with Crippen LogP contribution in [0.15, 0.2) is 66.7 Å². The molecule has 1 N–H and O–H groups in total. The molecule has 0 saturated heterocycles. The number of carbonyl (C=O) groups excluding carboxylic acids is 1. The van der Waals surface area contributed by atoms with E-state index < -0.39 is 4.92 Å². The average Bonchev–Trinajstić information content (AvgIpc) is 3.20. The van der Waals surface area contributed by atoms with Crippen LogP contribution in [0.3, 0.4) is 0 Å². The lowest BCUT2D eigenvalue weighted by Gasteiger charge is -2.14. The monoisotopic (exact) mass is 454 g/mol. The number of hydrogen-bond donors (Lipinski definition) is 1. The summed E-state index contributed by atoms with van der Waals surface area (Å²) in [5.74, 6) is -0.298. The van der Waals surface area contributed by atoms with Crippen LogP contribution < -0.4 is 5.32 Å². The zero-order chi connectivity index (χ0) is 23.1. The van der Waals surface area contributed by atoms with Crippen LogP contribution in [0, 0.1) is 24.0 Å². The lowest BCUT2D eigenvalue weighted by molar-refractivity contribution is -0.384. The summed E-state index contributed by atoms with van der Waals surface area (Å²) < 4.78 is 0.635. The van der Waals surface area contributed by atoms with Crippen LogP contribution in [-0.2, 0) is 0 Å². The number of aryl methyl sites for hydroxylation is 1. The van der Waals surface area contributed by atoms with Crippen molar-refractivity contribution in [1.82, 2.24) is 9.97 Å². The van der Waals surface area contributed by atoms with Gasteiger partial charge < -0.3 is 0 Å². The normalized spacial score (nSPS) is 11.1. The van der Waals surface area contributed by atoms with Crippen molar-refractivity contribution in [2.75, 3.05) is 5.32 Å². The number of para-hydroxylation sites is 1. The second kappa shape index (κ2) is 8.07. The van der Waals surface area contributed by atoms with Crippen LogP contribution >= 0.6 is 11.3 Å². The van der Waals surface area contributed by atoms with Gasteiger partial charge >= 0.3 is 0 Å². The lowest BCUT2D eigenvalue weighted by Crippen LogP contribution is -2.15. The van der Waals surface area contributed by atoms with Crippen LogP contribution in [0.1, 0.15) is 21.5 Å². The van der Waals surface area contributed by atoms with E-state index in [-0.39, 0.29) is 11.6 Å². The smallest absolute Gasteiger partial charge is 0.270 e. The van der Waals surface area contributed by atoms with Crippen molar-refractivity contribution in [3.63, 3.8) is 0 Å². The summed E-state index contributed by atoms with van der Waals surface area (Å²) in [6.07, 6.45) is 0. The van der Waals surface area contributed by atoms with Gasteiger partial charge in [0.2, 0.25) is 0 Å². The first-order valence-corrected chi connectivity index (χ1v) is 11.0. The Hall–Kier alpha value is -4.17. The summed E-state index contributed by atoms with van der Waals surface area (Å²) in [5.41, 5.74) is 5.44. The number of rotatable bonds is 4. The molecule has 33 heavy (non-hydrogen) atoms. The molecule has 0 unspecified atom stereocenters. The number of benzene rings is 3. The van der Waals surface area contributed by atoms with Gasteiger partial charge in [0.15, 0.2) is 5.13 Å². The SMILES string of the molecule is Cc1ccc(-c2nc3ccccc3c(C(=O)Nc3nc4ccc([N+](=O)[O-])cc4s3)c2C)cc1. The number of nitrogens with zero attached hydrogens (tertiary/aromatic N) is 3. The summed E-state index contributed by atoms with van der Waals surface area (Å²) in [4.78, 5) is 33.3. The molecule has 0 aliphatic heterocycles. The number of nitro groups is 1. The van der Waals surface area contributed by atoms with Crippen molar-refractivity contribution in [3.8, 4) is 11.3 Å². The molecule has 162 valence electrons. The zero-order valence-corrected chi connectivity index (χ0v) is 18.6. The number of nitro benzene ring substituents is 1. The Morgan fingerprint density at radius 2 is 1.73 bits per heavy atom. The van der Waals surface area contributed by atoms with Gasteiger partial charge in [0.1, 0.15) is 0 Å². The summed E-state index contributed by atoms with van der Waals surface area (Å²) >= 11 is 1.20. The van der Waals surface area contributed by atoms with Crippen molar-refractivity contribution in [3.05, 3.63) is 93.5 Å². The lowest BCUT2D eigenvalue weighted by atomic mass is 9.97. The van der Waals surface area contributed by atoms with E-state index in [1.165, 1.54) is 23.5 Å². The van der Waals surface area contributed by atoms with Crippen LogP contribution in [0.4, 0.5) is 10.8 Å². The molecular formula is C25H18N4O3S. The fourth-order valence-electron chi connectivity index (χ4n) is 3.83. The second-order valence-electron chi connectivity index (χ2n) is 7.73. The molecule has 0 atom stereocenters. The van der Waals surface area contributed by atoms with Gasteiger partial charge in [-0.05, 0) is 31.5 Å². The molecule has 0 aliphatic carbocycles. The first kappa shape index (κ1) is 20.7. The summed E-state index contributed by atoms with van der Waals surface area (Å²) in [5, 5.41) is 15.1.